The summed E-state index contributed by atoms with van der Waals surface area (Å²) in [5.41, 5.74) is 7.53. The molecule has 0 bridgehead atoms. The van der Waals surface area contributed by atoms with E-state index in [4.69, 9.17) is 4.98 Å². The summed E-state index contributed by atoms with van der Waals surface area (Å²) in [6, 6.07) is 23.6. The van der Waals surface area contributed by atoms with Crippen molar-refractivity contribution in [3.63, 3.8) is 0 Å². The smallest absolute Gasteiger partial charge is 0.159 e. The molecule has 0 saturated heterocycles. The molecule has 0 saturated carbocycles. The molecule has 2 heterocycles. The lowest BCUT2D eigenvalue weighted by molar-refractivity contribution is 0.972. The van der Waals surface area contributed by atoms with Gasteiger partial charge in [-0.05, 0) is 44.0 Å². The number of fused-ring (bicyclic) bond motifs is 3. The molecule has 1 aliphatic heterocycles. The van der Waals surface area contributed by atoms with Crippen LogP contribution < -0.4 is 9.80 Å². The van der Waals surface area contributed by atoms with Gasteiger partial charge < -0.3 is 9.80 Å². The van der Waals surface area contributed by atoms with Crippen LogP contribution in [0.1, 0.15) is 16.7 Å². The SMILES string of the molecule is Cc1cc(C)c(N2CN(c3ccccc3)c3ncc4ccccc4c32)c(C)c1. The number of hydrogen-bond acceptors (Lipinski definition) is 3. The molecule has 0 spiro atoms. The second-order valence-corrected chi connectivity index (χ2v) is 7.60. The van der Waals surface area contributed by atoms with Crippen molar-refractivity contribution < 1.29 is 0 Å². The van der Waals surface area contributed by atoms with Crippen molar-refractivity contribution in [1.29, 1.82) is 0 Å². The second-order valence-electron chi connectivity index (χ2n) is 7.60. The average Bonchev–Trinajstić information content (AvgIpc) is 3.08. The zero-order chi connectivity index (χ0) is 19.3. The van der Waals surface area contributed by atoms with E-state index in [9.17, 15) is 0 Å². The number of para-hydroxylation sites is 1. The van der Waals surface area contributed by atoms with E-state index >= 15 is 0 Å². The van der Waals surface area contributed by atoms with Gasteiger partial charge in [-0.1, -0.05) is 60.2 Å². The summed E-state index contributed by atoms with van der Waals surface area (Å²) >= 11 is 0. The van der Waals surface area contributed by atoms with Crippen molar-refractivity contribution in [2.45, 2.75) is 20.8 Å². The maximum absolute atomic E-state index is 4.88. The highest BCUT2D eigenvalue weighted by molar-refractivity contribution is 6.04. The summed E-state index contributed by atoms with van der Waals surface area (Å²) in [6.45, 7) is 7.33. The second kappa shape index (κ2) is 6.38. The van der Waals surface area contributed by atoms with E-state index in [2.05, 4.69) is 97.3 Å². The Hall–Kier alpha value is -3.33. The minimum atomic E-state index is 0.755. The summed E-state index contributed by atoms with van der Waals surface area (Å²) in [7, 11) is 0. The van der Waals surface area contributed by atoms with Crippen LogP contribution in [0, 0.1) is 20.8 Å². The van der Waals surface area contributed by atoms with E-state index in [1.54, 1.807) is 0 Å². The fourth-order valence-corrected chi connectivity index (χ4v) is 4.47. The average molecular weight is 365 g/mol. The summed E-state index contributed by atoms with van der Waals surface area (Å²) in [5, 5.41) is 2.41. The maximum atomic E-state index is 4.88. The Morgan fingerprint density at radius 1 is 0.750 bits per heavy atom. The number of aryl methyl sites for hydroxylation is 3. The van der Waals surface area contributed by atoms with Crippen LogP contribution in [0.25, 0.3) is 10.8 Å². The van der Waals surface area contributed by atoms with Crippen molar-refractivity contribution >= 4 is 33.7 Å². The molecule has 138 valence electrons. The van der Waals surface area contributed by atoms with Crippen molar-refractivity contribution in [1.82, 2.24) is 4.98 Å². The van der Waals surface area contributed by atoms with E-state index in [1.165, 1.54) is 38.8 Å². The quantitative estimate of drug-likeness (QED) is 0.409. The number of hydrogen-bond donors (Lipinski definition) is 0. The van der Waals surface area contributed by atoms with Gasteiger partial charge in [0.2, 0.25) is 0 Å². The highest BCUT2D eigenvalue weighted by Gasteiger charge is 2.32. The predicted molar refractivity (Wildman–Crippen MR) is 118 cm³/mol. The minimum Gasteiger partial charge on any atom is -0.319 e. The third-order valence-electron chi connectivity index (χ3n) is 5.54. The first-order valence-electron chi connectivity index (χ1n) is 9.69. The molecule has 3 aromatic carbocycles. The number of anilines is 4. The lowest BCUT2D eigenvalue weighted by Gasteiger charge is -2.25. The van der Waals surface area contributed by atoms with Crippen LogP contribution in [-0.4, -0.2) is 11.7 Å². The summed E-state index contributed by atoms with van der Waals surface area (Å²) in [5.74, 6) is 1.02. The largest absolute Gasteiger partial charge is 0.319 e. The summed E-state index contributed by atoms with van der Waals surface area (Å²) in [4.78, 5) is 9.62. The van der Waals surface area contributed by atoms with Gasteiger partial charge in [0.05, 0.1) is 5.69 Å². The Labute approximate surface area is 165 Å². The molecule has 0 radical (unpaired) electrons. The molecule has 28 heavy (non-hydrogen) atoms. The summed E-state index contributed by atoms with van der Waals surface area (Å²) < 4.78 is 0. The van der Waals surface area contributed by atoms with Crippen LogP contribution in [-0.2, 0) is 0 Å². The molecule has 5 rings (SSSR count). The molecule has 1 aliphatic rings. The zero-order valence-electron chi connectivity index (χ0n) is 16.5. The topological polar surface area (TPSA) is 19.4 Å². The number of nitrogens with zero attached hydrogens (tertiary/aromatic N) is 3. The molecule has 0 aliphatic carbocycles. The Kier molecular flexibility index (Phi) is 3.83. The van der Waals surface area contributed by atoms with E-state index in [0.29, 0.717) is 0 Å². The molecular weight excluding hydrogens is 342 g/mol. The van der Waals surface area contributed by atoms with Gasteiger partial charge in [0.1, 0.15) is 6.67 Å². The Morgan fingerprint density at radius 2 is 1.43 bits per heavy atom. The minimum absolute atomic E-state index is 0.755. The normalized spacial score (nSPS) is 13.2. The van der Waals surface area contributed by atoms with E-state index in [-0.39, 0.29) is 0 Å². The Balaban J connectivity index is 1.78. The number of aromatic nitrogens is 1. The predicted octanol–water partition coefficient (Wildman–Crippen LogP) is 6.41. The van der Waals surface area contributed by atoms with Crippen LogP contribution in [0.2, 0.25) is 0 Å². The molecule has 0 atom stereocenters. The lowest BCUT2D eigenvalue weighted by atomic mass is 10.0. The van der Waals surface area contributed by atoms with E-state index in [1.807, 2.05) is 6.20 Å². The van der Waals surface area contributed by atoms with Gasteiger partial charge in [-0.2, -0.15) is 0 Å². The number of pyridine rings is 1. The fourth-order valence-electron chi connectivity index (χ4n) is 4.47. The van der Waals surface area contributed by atoms with Gasteiger partial charge in [0, 0.05) is 28.3 Å². The lowest BCUT2D eigenvalue weighted by Crippen LogP contribution is -2.25. The fraction of sp³-hybridized carbons (Fsp3) is 0.160. The molecular formula is C25H23N3. The number of benzene rings is 3. The first-order chi connectivity index (χ1) is 13.6. The Morgan fingerprint density at radius 3 is 2.18 bits per heavy atom. The van der Waals surface area contributed by atoms with Gasteiger partial charge in [-0.15, -0.1) is 0 Å². The first kappa shape index (κ1) is 16.8. The van der Waals surface area contributed by atoms with Crippen LogP contribution in [0.5, 0.6) is 0 Å². The van der Waals surface area contributed by atoms with Crippen molar-refractivity contribution in [3.8, 4) is 0 Å². The molecule has 1 aromatic heterocycles. The molecule has 0 N–H and O–H groups in total. The molecule has 3 heteroatoms. The van der Waals surface area contributed by atoms with Gasteiger partial charge in [0.15, 0.2) is 5.82 Å². The van der Waals surface area contributed by atoms with Crippen LogP contribution in [0.4, 0.5) is 22.9 Å². The molecule has 3 nitrogen and oxygen atoms in total. The summed E-state index contributed by atoms with van der Waals surface area (Å²) in [6.07, 6.45) is 1.99. The van der Waals surface area contributed by atoms with E-state index < -0.39 is 0 Å². The highest BCUT2D eigenvalue weighted by atomic mass is 15.4. The van der Waals surface area contributed by atoms with Crippen LogP contribution in [0.3, 0.4) is 0 Å². The molecule has 0 amide bonds. The van der Waals surface area contributed by atoms with Gasteiger partial charge in [0.25, 0.3) is 0 Å². The molecule has 0 unspecified atom stereocenters. The molecule has 0 fully saturated rings. The first-order valence-corrected chi connectivity index (χ1v) is 9.69. The third kappa shape index (κ3) is 2.55. The van der Waals surface area contributed by atoms with Crippen molar-refractivity contribution in [3.05, 3.63) is 89.6 Å². The van der Waals surface area contributed by atoms with Crippen LogP contribution >= 0.6 is 0 Å². The maximum Gasteiger partial charge on any atom is 0.159 e. The monoisotopic (exact) mass is 365 g/mol. The standard InChI is InChI=1S/C25H23N3/c1-17-13-18(2)23(19(3)14-17)28-16-27(21-10-5-4-6-11-21)25-24(28)22-12-8-7-9-20(22)15-26-25/h4-15H,16H2,1-3H3. The zero-order valence-corrected chi connectivity index (χ0v) is 16.5. The third-order valence-corrected chi connectivity index (χ3v) is 5.54. The number of rotatable bonds is 2. The van der Waals surface area contributed by atoms with Gasteiger partial charge in [-0.25, -0.2) is 4.98 Å². The Bertz CT molecular complexity index is 1160. The van der Waals surface area contributed by atoms with Crippen molar-refractivity contribution in [2.24, 2.45) is 0 Å². The van der Waals surface area contributed by atoms with Crippen molar-refractivity contribution in [2.75, 3.05) is 16.5 Å². The van der Waals surface area contributed by atoms with Gasteiger partial charge in [-0.3, -0.25) is 0 Å². The van der Waals surface area contributed by atoms with Gasteiger partial charge >= 0.3 is 0 Å². The van der Waals surface area contributed by atoms with Crippen LogP contribution in [0.15, 0.2) is 72.9 Å². The molecule has 4 aromatic rings. The van der Waals surface area contributed by atoms with E-state index in [0.717, 1.165) is 18.2 Å². The highest BCUT2D eigenvalue weighted by Crippen LogP contribution is 2.48.